The zero-order valence-corrected chi connectivity index (χ0v) is 11.6. The summed E-state index contributed by atoms with van der Waals surface area (Å²) in [6.07, 6.45) is 2.50. The number of hydrogen-bond donors (Lipinski definition) is 2. The number of aryl methyl sites for hydroxylation is 1. The molecule has 2 aromatic rings. The normalized spacial score (nSPS) is 11.2. The molecule has 6 heteroatoms. The van der Waals surface area contributed by atoms with Gasteiger partial charge in [0.1, 0.15) is 0 Å². The van der Waals surface area contributed by atoms with E-state index < -0.39 is 0 Å². The van der Waals surface area contributed by atoms with Gasteiger partial charge in [-0.2, -0.15) is 5.10 Å². The van der Waals surface area contributed by atoms with Crippen LogP contribution in [0.3, 0.4) is 0 Å². The maximum absolute atomic E-state index is 5.89. The zero-order valence-electron chi connectivity index (χ0n) is 11.6. The van der Waals surface area contributed by atoms with Crippen LogP contribution in [0, 0.1) is 0 Å². The van der Waals surface area contributed by atoms with Crippen LogP contribution in [-0.4, -0.2) is 14.8 Å². The molecule has 0 aliphatic carbocycles. The van der Waals surface area contributed by atoms with Crippen molar-refractivity contribution in [3.63, 3.8) is 0 Å². The first-order chi connectivity index (χ1) is 9.01. The Morgan fingerprint density at radius 3 is 2.68 bits per heavy atom. The molecule has 19 heavy (non-hydrogen) atoms. The molecule has 0 bridgehead atoms. The maximum atomic E-state index is 5.89. The second-order valence-corrected chi connectivity index (χ2v) is 4.90. The molecule has 0 aromatic carbocycles. The summed E-state index contributed by atoms with van der Waals surface area (Å²) in [7, 11) is 0. The van der Waals surface area contributed by atoms with Crippen molar-refractivity contribution in [3.8, 4) is 0 Å². The molecule has 0 fully saturated rings. The summed E-state index contributed by atoms with van der Waals surface area (Å²) < 4.78 is 2.01. The molecule has 102 valence electrons. The highest BCUT2D eigenvalue weighted by atomic mass is 15.3. The molecule has 0 unspecified atom stereocenters. The van der Waals surface area contributed by atoms with Crippen molar-refractivity contribution in [3.05, 3.63) is 29.2 Å². The number of aromatic nitrogens is 4. The fraction of sp³-hybridized carbons (Fsp3) is 0.462. The lowest BCUT2D eigenvalue weighted by Crippen LogP contribution is -2.16. The maximum Gasteiger partial charge on any atom is 0.388 e. The van der Waals surface area contributed by atoms with Gasteiger partial charge in [0.2, 0.25) is 5.82 Å². The summed E-state index contributed by atoms with van der Waals surface area (Å²) in [6, 6.07) is 2.13. The first-order valence-corrected chi connectivity index (χ1v) is 6.50. The van der Waals surface area contributed by atoms with Crippen molar-refractivity contribution in [1.29, 1.82) is 0 Å². The molecule has 0 atom stereocenters. The predicted molar refractivity (Wildman–Crippen MR) is 74.4 cm³/mol. The molecule has 0 aliphatic rings. The summed E-state index contributed by atoms with van der Waals surface area (Å²) in [5.74, 6) is 1.21. The Labute approximate surface area is 112 Å². The van der Waals surface area contributed by atoms with E-state index in [0.29, 0.717) is 24.1 Å². The highest BCUT2D eigenvalue weighted by Crippen LogP contribution is 2.18. The number of nitrogen functional groups attached to an aromatic ring is 2. The van der Waals surface area contributed by atoms with E-state index in [1.165, 1.54) is 0 Å². The van der Waals surface area contributed by atoms with E-state index in [-0.39, 0.29) is 0 Å². The van der Waals surface area contributed by atoms with Gasteiger partial charge in [0.15, 0.2) is 0 Å². The third-order valence-corrected chi connectivity index (χ3v) is 3.11. The quantitative estimate of drug-likeness (QED) is 0.857. The molecule has 0 aliphatic heterocycles. The minimum Gasteiger partial charge on any atom is -0.370 e. The van der Waals surface area contributed by atoms with Gasteiger partial charge in [-0.3, -0.25) is 10.4 Å². The fourth-order valence-corrected chi connectivity index (χ4v) is 1.98. The first kappa shape index (κ1) is 13.3. The summed E-state index contributed by atoms with van der Waals surface area (Å²) in [5.41, 5.74) is 14.6. The van der Waals surface area contributed by atoms with Crippen LogP contribution in [-0.2, 0) is 13.0 Å². The van der Waals surface area contributed by atoms with Crippen LogP contribution in [0.2, 0.25) is 0 Å². The van der Waals surface area contributed by atoms with Gasteiger partial charge in [-0.15, -0.1) is 0 Å². The molecule has 5 N–H and O–H groups in total. The van der Waals surface area contributed by atoms with Crippen molar-refractivity contribution in [2.45, 2.75) is 39.7 Å². The number of nitrogens with one attached hydrogen (secondary N) is 1. The Bertz CT molecular complexity index is 573. The Balaban J connectivity index is 2.32. The molecule has 0 saturated heterocycles. The molecule has 0 saturated carbocycles. The van der Waals surface area contributed by atoms with Crippen molar-refractivity contribution in [1.82, 2.24) is 14.8 Å². The lowest BCUT2D eigenvalue weighted by atomic mass is 10.1. The van der Waals surface area contributed by atoms with Gasteiger partial charge < -0.3 is 5.73 Å². The van der Waals surface area contributed by atoms with Gasteiger partial charge in [0.25, 0.3) is 0 Å². The van der Waals surface area contributed by atoms with E-state index in [2.05, 4.69) is 41.9 Å². The lowest BCUT2D eigenvalue weighted by Gasteiger charge is -2.04. The number of rotatable bonds is 4. The van der Waals surface area contributed by atoms with Gasteiger partial charge in [0, 0.05) is 24.2 Å². The van der Waals surface area contributed by atoms with Crippen LogP contribution >= 0.6 is 0 Å². The molecular weight excluding hydrogens is 240 g/mol. The summed E-state index contributed by atoms with van der Waals surface area (Å²) in [4.78, 5) is 6.92. The SMILES string of the molecule is CCn1nc(C(C)C)cc1Cc1c[nH+]c(N)nc1N. The standard InChI is InChI=1S/C13H20N6/c1-4-19-10(6-11(18-19)8(2)3)5-9-7-16-13(15)17-12(9)14/h6-8H,4-5H2,1-3H3,(H4,14,15,16,17)/p+1. The van der Waals surface area contributed by atoms with Crippen molar-refractivity contribution in [2.75, 3.05) is 11.5 Å². The average Bonchev–Trinajstić information content (AvgIpc) is 2.76. The zero-order chi connectivity index (χ0) is 14.0. The molecule has 2 aromatic heterocycles. The van der Waals surface area contributed by atoms with Gasteiger partial charge in [-0.1, -0.05) is 18.8 Å². The smallest absolute Gasteiger partial charge is 0.370 e. The third kappa shape index (κ3) is 2.83. The first-order valence-electron chi connectivity index (χ1n) is 6.50. The Morgan fingerprint density at radius 1 is 1.37 bits per heavy atom. The summed E-state index contributed by atoms with van der Waals surface area (Å²) >= 11 is 0. The fourth-order valence-electron chi connectivity index (χ4n) is 1.98. The Hall–Kier alpha value is -2.11. The molecule has 0 spiro atoms. The summed E-state index contributed by atoms with van der Waals surface area (Å²) in [5, 5.41) is 4.59. The Kier molecular flexibility index (Phi) is 3.69. The second kappa shape index (κ2) is 5.26. The second-order valence-electron chi connectivity index (χ2n) is 4.90. The topological polar surface area (TPSA) is 96.9 Å². The van der Waals surface area contributed by atoms with Crippen LogP contribution in [0.1, 0.15) is 43.6 Å². The van der Waals surface area contributed by atoms with Crippen LogP contribution in [0.4, 0.5) is 11.8 Å². The van der Waals surface area contributed by atoms with Crippen LogP contribution < -0.4 is 16.5 Å². The van der Waals surface area contributed by atoms with Gasteiger partial charge in [-0.25, -0.2) is 4.98 Å². The molecule has 0 amide bonds. The lowest BCUT2D eigenvalue weighted by molar-refractivity contribution is -0.364. The van der Waals surface area contributed by atoms with Crippen molar-refractivity contribution < 1.29 is 4.98 Å². The molecular formula is C13H21N6+. The predicted octanol–water partition coefficient (Wildman–Crippen LogP) is 0.991. The minimum atomic E-state index is 0.327. The number of nitrogens with zero attached hydrogens (tertiary/aromatic N) is 3. The van der Waals surface area contributed by atoms with Crippen LogP contribution in [0.25, 0.3) is 0 Å². The van der Waals surface area contributed by atoms with E-state index in [0.717, 1.165) is 23.5 Å². The molecule has 2 heterocycles. The van der Waals surface area contributed by atoms with E-state index >= 15 is 0 Å². The highest BCUT2D eigenvalue weighted by molar-refractivity contribution is 5.41. The monoisotopic (exact) mass is 261 g/mol. The number of hydrogen-bond acceptors (Lipinski definition) is 4. The van der Waals surface area contributed by atoms with Gasteiger partial charge in [-0.05, 0) is 18.9 Å². The number of anilines is 2. The largest absolute Gasteiger partial charge is 0.388 e. The minimum absolute atomic E-state index is 0.327. The van der Waals surface area contributed by atoms with Crippen LogP contribution in [0.15, 0.2) is 12.3 Å². The average molecular weight is 261 g/mol. The van der Waals surface area contributed by atoms with Crippen LogP contribution in [0.5, 0.6) is 0 Å². The van der Waals surface area contributed by atoms with Crippen molar-refractivity contribution >= 4 is 11.8 Å². The van der Waals surface area contributed by atoms with E-state index in [9.17, 15) is 0 Å². The number of H-pyrrole nitrogens is 1. The van der Waals surface area contributed by atoms with E-state index in [4.69, 9.17) is 11.5 Å². The van der Waals surface area contributed by atoms with E-state index in [1.807, 2.05) is 4.68 Å². The Morgan fingerprint density at radius 2 is 2.11 bits per heavy atom. The molecule has 6 nitrogen and oxygen atoms in total. The molecule has 2 rings (SSSR count). The summed E-state index contributed by atoms with van der Waals surface area (Å²) in [6.45, 7) is 7.20. The van der Waals surface area contributed by atoms with Gasteiger partial charge in [0.05, 0.1) is 11.9 Å². The van der Waals surface area contributed by atoms with Crippen molar-refractivity contribution in [2.24, 2.45) is 0 Å². The number of aromatic amines is 1. The highest BCUT2D eigenvalue weighted by Gasteiger charge is 2.14. The molecule has 0 radical (unpaired) electrons. The number of nitrogens with two attached hydrogens (primary N) is 2. The van der Waals surface area contributed by atoms with Gasteiger partial charge >= 0.3 is 5.95 Å². The third-order valence-electron chi connectivity index (χ3n) is 3.11. The van der Waals surface area contributed by atoms with E-state index in [1.54, 1.807) is 6.20 Å².